The van der Waals surface area contributed by atoms with Gasteiger partial charge in [0.15, 0.2) is 0 Å². The van der Waals surface area contributed by atoms with E-state index in [1.54, 1.807) is 0 Å². The van der Waals surface area contributed by atoms with Crippen molar-refractivity contribution in [2.45, 2.75) is 26.4 Å². The monoisotopic (exact) mass is 577 g/mol. The van der Waals surface area contributed by atoms with Crippen LogP contribution in [-0.4, -0.2) is 37.6 Å². The number of carbonyl (C=O) groups is 1. The van der Waals surface area contributed by atoms with Crippen molar-refractivity contribution in [1.82, 2.24) is 5.32 Å². The quantitative estimate of drug-likeness (QED) is 0.239. The van der Waals surface area contributed by atoms with Gasteiger partial charge in [-0.1, -0.05) is 54.6 Å². The predicted octanol–water partition coefficient (Wildman–Crippen LogP) is 1.53. The number of hydrogen-bond acceptors (Lipinski definition) is 3. The molecule has 0 atom stereocenters. The first-order valence-corrected chi connectivity index (χ1v) is 13.0. The number of halogens is 1. The highest BCUT2D eigenvalue weighted by atomic mass is 127. The molecule has 0 aromatic heterocycles. The third kappa shape index (κ3) is 7.80. The van der Waals surface area contributed by atoms with E-state index in [9.17, 15) is 4.79 Å². The van der Waals surface area contributed by atoms with Crippen LogP contribution in [0.15, 0.2) is 91.0 Å². The summed E-state index contributed by atoms with van der Waals surface area (Å²) < 4.78 is 11.3. The van der Waals surface area contributed by atoms with Crippen molar-refractivity contribution in [1.29, 1.82) is 0 Å². The average molecular weight is 577 g/mol. The summed E-state index contributed by atoms with van der Waals surface area (Å²) in [7, 11) is -1.89. The molecule has 3 rings (SSSR count). The molecule has 3 aromatic carbocycles. The lowest BCUT2D eigenvalue weighted by Crippen LogP contribution is -3.00. The highest BCUT2D eigenvalue weighted by Crippen LogP contribution is 2.54. The molecule has 0 saturated carbocycles. The maximum atomic E-state index is 11.8. The van der Waals surface area contributed by atoms with Gasteiger partial charge in [0.2, 0.25) is 0 Å². The van der Waals surface area contributed by atoms with Gasteiger partial charge in [-0.2, -0.15) is 0 Å². The zero-order chi connectivity index (χ0) is 22.9. The molecule has 0 aliphatic rings. The summed E-state index contributed by atoms with van der Waals surface area (Å²) in [5.41, 5.74) is -0.504. The Kier molecular flexibility index (Phi) is 10.8. The van der Waals surface area contributed by atoms with Crippen molar-refractivity contribution in [2.24, 2.45) is 0 Å². The lowest BCUT2D eigenvalue weighted by atomic mass is 10.2. The first-order chi connectivity index (χ1) is 15.4. The van der Waals surface area contributed by atoms with E-state index in [0.29, 0.717) is 19.8 Å². The molecular weight excluding hydrogens is 544 g/mol. The largest absolute Gasteiger partial charge is 1.00 e. The molecule has 0 heterocycles. The number of nitrogens with one attached hydrogen (secondary N) is 1. The van der Waals surface area contributed by atoms with E-state index in [0.717, 1.165) is 6.16 Å². The molecule has 0 aliphatic heterocycles. The maximum absolute atomic E-state index is 11.8. The average Bonchev–Trinajstić information content (AvgIpc) is 2.79. The number of benzene rings is 3. The molecule has 0 saturated heterocycles. The summed E-state index contributed by atoms with van der Waals surface area (Å²) in [4.78, 5) is 11.8. The van der Waals surface area contributed by atoms with Gasteiger partial charge in [0.05, 0.1) is 19.4 Å². The second-order valence-electron chi connectivity index (χ2n) is 8.58. The van der Waals surface area contributed by atoms with Crippen molar-refractivity contribution in [3.63, 3.8) is 0 Å². The van der Waals surface area contributed by atoms with Gasteiger partial charge in [0.25, 0.3) is 0 Å². The lowest BCUT2D eigenvalue weighted by molar-refractivity contribution is -0.0000282. The fourth-order valence-corrected chi connectivity index (χ4v) is 7.84. The molecule has 0 aliphatic carbocycles. The summed E-state index contributed by atoms with van der Waals surface area (Å²) in [5.74, 6) is 0. The van der Waals surface area contributed by atoms with E-state index in [2.05, 4.69) is 96.3 Å². The van der Waals surface area contributed by atoms with Crippen LogP contribution in [0.4, 0.5) is 4.79 Å². The summed E-state index contributed by atoms with van der Waals surface area (Å²) in [5, 5.41) is 6.78. The smallest absolute Gasteiger partial charge is 0.407 e. The zero-order valence-electron chi connectivity index (χ0n) is 19.5. The zero-order valence-corrected chi connectivity index (χ0v) is 22.6. The van der Waals surface area contributed by atoms with Gasteiger partial charge in [0, 0.05) is 6.54 Å². The second-order valence-corrected chi connectivity index (χ2v) is 12.2. The molecule has 0 bridgehead atoms. The summed E-state index contributed by atoms with van der Waals surface area (Å²) in [6.45, 7) is 7.01. The Morgan fingerprint density at radius 2 is 1.18 bits per heavy atom. The summed E-state index contributed by atoms with van der Waals surface area (Å²) >= 11 is 0. The van der Waals surface area contributed by atoms with Gasteiger partial charge in [-0.15, -0.1) is 0 Å². The normalized spacial score (nSPS) is 11.4. The lowest BCUT2D eigenvalue weighted by Gasteiger charge is -2.27. The van der Waals surface area contributed by atoms with E-state index in [1.165, 1.54) is 15.9 Å². The number of ether oxygens (including phenoxy) is 2. The first-order valence-electron chi connectivity index (χ1n) is 11.0. The number of amides is 1. The third-order valence-electron chi connectivity index (χ3n) is 5.08. The van der Waals surface area contributed by atoms with E-state index in [1.807, 2.05) is 20.8 Å². The highest BCUT2D eigenvalue weighted by Gasteiger charge is 2.44. The van der Waals surface area contributed by atoms with Gasteiger partial charge in [-0.3, -0.25) is 0 Å². The molecule has 33 heavy (non-hydrogen) atoms. The van der Waals surface area contributed by atoms with Crippen molar-refractivity contribution < 1.29 is 38.2 Å². The van der Waals surface area contributed by atoms with Gasteiger partial charge >= 0.3 is 6.09 Å². The first kappa shape index (κ1) is 27.3. The topological polar surface area (TPSA) is 47.6 Å². The number of alkyl carbamates (subject to hydrolysis) is 1. The predicted molar refractivity (Wildman–Crippen MR) is 135 cm³/mol. The number of hydrogen-bond donors (Lipinski definition) is 1. The molecule has 0 spiro atoms. The fourth-order valence-electron chi connectivity index (χ4n) is 3.72. The highest BCUT2D eigenvalue weighted by molar-refractivity contribution is 7.95. The van der Waals surface area contributed by atoms with Crippen LogP contribution in [0.5, 0.6) is 0 Å². The molecule has 0 radical (unpaired) electrons. The van der Waals surface area contributed by atoms with E-state index in [-0.39, 0.29) is 24.0 Å². The molecule has 3 aromatic rings. The Balaban J connectivity index is 0.00000385. The molecule has 176 valence electrons. The van der Waals surface area contributed by atoms with Crippen LogP contribution in [0.1, 0.15) is 20.8 Å². The summed E-state index contributed by atoms with van der Waals surface area (Å²) in [6.07, 6.45) is 0.470. The van der Waals surface area contributed by atoms with Crippen molar-refractivity contribution in [3.05, 3.63) is 91.0 Å². The molecule has 6 heteroatoms. The van der Waals surface area contributed by atoms with E-state index in [4.69, 9.17) is 9.47 Å². The molecule has 0 fully saturated rings. The minimum atomic E-state index is -1.89. The molecule has 4 nitrogen and oxygen atoms in total. The molecular formula is C27H33INO3P. The Morgan fingerprint density at radius 1 is 0.758 bits per heavy atom. The van der Waals surface area contributed by atoms with E-state index < -0.39 is 19.0 Å². The van der Waals surface area contributed by atoms with Crippen molar-refractivity contribution >= 4 is 29.3 Å². The van der Waals surface area contributed by atoms with Crippen molar-refractivity contribution in [3.8, 4) is 0 Å². The maximum Gasteiger partial charge on any atom is 0.407 e. The van der Waals surface area contributed by atoms with Gasteiger partial charge in [-0.25, -0.2) is 4.79 Å². The van der Waals surface area contributed by atoms with Crippen LogP contribution >= 0.6 is 7.26 Å². The third-order valence-corrected chi connectivity index (χ3v) is 9.47. The summed E-state index contributed by atoms with van der Waals surface area (Å²) in [6, 6.07) is 32.3. The Hall–Kier alpha value is -1.95. The minimum Gasteiger partial charge on any atom is -1.00 e. The van der Waals surface area contributed by atoms with Gasteiger partial charge in [-0.05, 0) is 57.2 Å². The Labute approximate surface area is 215 Å². The van der Waals surface area contributed by atoms with Crippen LogP contribution in [0.25, 0.3) is 0 Å². The van der Waals surface area contributed by atoms with Crippen LogP contribution in [-0.2, 0) is 9.47 Å². The van der Waals surface area contributed by atoms with Crippen LogP contribution < -0.4 is 45.2 Å². The van der Waals surface area contributed by atoms with Gasteiger partial charge in [0.1, 0.15) is 28.8 Å². The standard InChI is InChI=1S/C27H32NO3P.HI/c1-27(2,3)31-26(29)28-19-20-30-21-22-32(23-13-7-4-8-14-23,24-15-9-5-10-16-24)25-17-11-6-12-18-25;/h4-18H,19-22H2,1-3H3;1H. The van der Waals surface area contributed by atoms with Crippen molar-refractivity contribution in [2.75, 3.05) is 25.9 Å². The number of carbonyl (C=O) groups excluding carboxylic acids is 1. The minimum absolute atomic E-state index is 0. The van der Waals surface area contributed by atoms with E-state index >= 15 is 0 Å². The second kappa shape index (κ2) is 13.1. The molecule has 1 N–H and O–H groups in total. The SMILES string of the molecule is CC(C)(C)OC(=O)NCCOCC[P+](c1ccccc1)(c1ccccc1)c1ccccc1.[I-]. The Morgan fingerprint density at radius 3 is 1.58 bits per heavy atom. The number of rotatable bonds is 9. The van der Waals surface area contributed by atoms with Crippen LogP contribution in [0.3, 0.4) is 0 Å². The molecule has 0 unspecified atom stereocenters. The van der Waals surface area contributed by atoms with Crippen LogP contribution in [0.2, 0.25) is 0 Å². The Bertz CT molecular complexity index is 866. The van der Waals surface area contributed by atoms with Gasteiger partial charge < -0.3 is 38.8 Å². The van der Waals surface area contributed by atoms with Crippen LogP contribution in [0, 0.1) is 0 Å². The molecule has 1 amide bonds. The fraction of sp³-hybridized carbons (Fsp3) is 0.296.